The van der Waals surface area contributed by atoms with Crippen LogP contribution in [-0.2, 0) is 9.59 Å². The summed E-state index contributed by atoms with van der Waals surface area (Å²) in [6.45, 7) is 3.11. The minimum Gasteiger partial charge on any atom is -0.399 e. The number of primary amides is 1. The minimum absolute atomic E-state index is 0.0653. The van der Waals surface area contributed by atoms with Crippen molar-refractivity contribution in [2.24, 2.45) is 5.73 Å². The quantitative estimate of drug-likeness (QED) is 0.535. The number of piperazine rings is 1. The van der Waals surface area contributed by atoms with Crippen molar-refractivity contribution in [3.05, 3.63) is 22.7 Å². The molecule has 7 nitrogen and oxygen atoms in total. The highest BCUT2D eigenvalue weighted by atomic mass is 35.5. The second-order valence-corrected chi connectivity index (χ2v) is 5.69. The normalized spacial score (nSPS) is 17.6. The summed E-state index contributed by atoms with van der Waals surface area (Å²) in [6, 6.07) is 2.81. The smallest absolute Gasteiger partial charge is 0.251 e. The number of nitrogen functional groups attached to an aromatic ring is 1. The van der Waals surface area contributed by atoms with Crippen LogP contribution in [0.4, 0.5) is 11.4 Å². The van der Waals surface area contributed by atoms with Crippen LogP contribution >= 0.6 is 11.6 Å². The van der Waals surface area contributed by atoms with Gasteiger partial charge in [-0.25, -0.2) is 0 Å². The van der Waals surface area contributed by atoms with E-state index < -0.39 is 23.3 Å². The number of carbonyl (C=O) groups excluding carboxylic acids is 3. The van der Waals surface area contributed by atoms with Gasteiger partial charge in [-0.2, -0.15) is 0 Å². The number of anilines is 2. The van der Waals surface area contributed by atoms with Gasteiger partial charge in [0, 0.05) is 5.69 Å². The zero-order valence-electron chi connectivity index (χ0n) is 11.6. The Labute approximate surface area is 126 Å². The van der Waals surface area contributed by atoms with Gasteiger partial charge in [-0.3, -0.25) is 19.7 Å². The Kier molecular flexibility index (Phi) is 3.54. The van der Waals surface area contributed by atoms with Gasteiger partial charge < -0.3 is 16.4 Å². The lowest BCUT2D eigenvalue weighted by molar-refractivity contribution is -0.135. The van der Waals surface area contributed by atoms with Crippen LogP contribution in [0.1, 0.15) is 24.2 Å². The first kappa shape index (κ1) is 15.1. The lowest BCUT2D eigenvalue weighted by Crippen LogP contribution is -2.64. The molecule has 5 N–H and O–H groups in total. The molecule has 0 spiro atoms. The summed E-state index contributed by atoms with van der Waals surface area (Å²) in [5, 5.41) is 2.40. The van der Waals surface area contributed by atoms with Gasteiger partial charge >= 0.3 is 0 Å². The molecule has 21 heavy (non-hydrogen) atoms. The monoisotopic (exact) mass is 310 g/mol. The summed E-state index contributed by atoms with van der Waals surface area (Å²) in [5.74, 6) is -1.71. The first-order valence-electron chi connectivity index (χ1n) is 6.15. The van der Waals surface area contributed by atoms with Crippen molar-refractivity contribution in [3.63, 3.8) is 0 Å². The van der Waals surface area contributed by atoms with E-state index in [9.17, 15) is 14.4 Å². The van der Waals surface area contributed by atoms with Gasteiger partial charge in [0.05, 0.1) is 22.8 Å². The predicted octanol–water partition coefficient (Wildman–Crippen LogP) is 0.262. The van der Waals surface area contributed by atoms with Gasteiger partial charge in [0.15, 0.2) is 0 Å². The molecule has 0 unspecified atom stereocenters. The number of halogens is 1. The average Bonchev–Trinajstić information content (AvgIpc) is 2.34. The van der Waals surface area contributed by atoms with Crippen LogP contribution in [0, 0.1) is 0 Å². The van der Waals surface area contributed by atoms with Crippen LogP contribution < -0.4 is 21.7 Å². The van der Waals surface area contributed by atoms with Gasteiger partial charge in [-0.15, -0.1) is 0 Å². The highest BCUT2D eigenvalue weighted by Gasteiger charge is 2.42. The van der Waals surface area contributed by atoms with Crippen LogP contribution in [-0.4, -0.2) is 29.8 Å². The number of amides is 3. The van der Waals surface area contributed by atoms with E-state index in [1.54, 1.807) is 13.8 Å². The molecule has 0 atom stereocenters. The fraction of sp³-hybridized carbons (Fsp3) is 0.308. The number of imide groups is 1. The Hall–Kier alpha value is -2.28. The van der Waals surface area contributed by atoms with Gasteiger partial charge in [-0.1, -0.05) is 11.6 Å². The lowest BCUT2D eigenvalue weighted by atomic mass is 9.96. The fourth-order valence-electron chi connectivity index (χ4n) is 2.22. The highest BCUT2D eigenvalue weighted by molar-refractivity contribution is 6.35. The molecule has 1 heterocycles. The number of hydrogen-bond donors (Lipinski definition) is 3. The molecule has 0 bridgehead atoms. The molecule has 3 amide bonds. The Bertz CT molecular complexity index is 657. The molecule has 1 aliphatic heterocycles. The maximum absolute atomic E-state index is 12.0. The predicted molar refractivity (Wildman–Crippen MR) is 79.0 cm³/mol. The summed E-state index contributed by atoms with van der Waals surface area (Å²) in [6.07, 6.45) is 0. The van der Waals surface area contributed by atoms with Gasteiger partial charge in [0.25, 0.3) is 11.8 Å². The zero-order valence-corrected chi connectivity index (χ0v) is 12.3. The van der Waals surface area contributed by atoms with Crippen molar-refractivity contribution >= 4 is 40.7 Å². The van der Waals surface area contributed by atoms with Gasteiger partial charge in [0.2, 0.25) is 5.91 Å². The second kappa shape index (κ2) is 4.92. The van der Waals surface area contributed by atoms with E-state index in [1.807, 2.05) is 0 Å². The SMILES string of the molecule is CC1(C)C(=O)NC(=O)CN1c1c(Cl)cc(N)cc1C(N)=O. The van der Waals surface area contributed by atoms with Crippen LogP contribution in [0.15, 0.2) is 12.1 Å². The number of nitrogens with two attached hydrogens (primary N) is 2. The third-order valence-corrected chi connectivity index (χ3v) is 3.69. The van der Waals surface area contributed by atoms with Crippen LogP contribution in [0.3, 0.4) is 0 Å². The molecule has 8 heteroatoms. The molecular formula is C13H15ClN4O3. The number of hydrogen-bond acceptors (Lipinski definition) is 5. The summed E-state index contributed by atoms with van der Waals surface area (Å²) in [7, 11) is 0. The molecule has 2 rings (SSSR count). The number of benzene rings is 1. The third-order valence-electron chi connectivity index (χ3n) is 3.41. The van der Waals surface area contributed by atoms with Crippen molar-refractivity contribution in [2.75, 3.05) is 17.2 Å². The Balaban J connectivity index is 2.67. The Morgan fingerprint density at radius 1 is 1.38 bits per heavy atom. The maximum Gasteiger partial charge on any atom is 0.251 e. The van der Waals surface area contributed by atoms with Crippen molar-refractivity contribution in [1.29, 1.82) is 0 Å². The summed E-state index contributed by atoms with van der Waals surface area (Å²) < 4.78 is 0. The molecule has 1 aromatic rings. The summed E-state index contributed by atoms with van der Waals surface area (Å²) in [5.41, 5.74) is 10.5. The second-order valence-electron chi connectivity index (χ2n) is 5.29. The van der Waals surface area contributed by atoms with Crippen molar-refractivity contribution in [2.45, 2.75) is 19.4 Å². The molecule has 0 aliphatic carbocycles. The van der Waals surface area contributed by atoms with E-state index in [1.165, 1.54) is 17.0 Å². The number of nitrogens with zero attached hydrogens (tertiary/aromatic N) is 1. The molecule has 1 saturated heterocycles. The average molecular weight is 311 g/mol. The largest absolute Gasteiger partial charge is 0.399 e. The highest BCUT2D eigenvalue weighted by Crippen LogP contribution is 2.37. The molecule has 112 valence electrons. The Morgan fingerprint density at radius 3 is 2.57 bits per heavy atom. The summed E-state index contributed by atoms with van der Waals surface area (Å²) in [4.78, 5) is 36.8. The number of rotatable bonds is 2. The molecule has 0 radical (unpaired) electrons. The molecule has 0 saturated carbocycles. The molecule has 0 aromatic heterocycles. The standard InChI is InChI=1S/C13H15ClN4O3/c1-13(2)12(21)17-9(19)5-18(13)10-7(11(16)20)3-6(15)4-8(10)14/h3-4H,5,15H2,1-2H3,(H2,16,20)(H,17,19,21). The summed E-state index contributed by atoms with van der Waals surface area (Å²) >= 11 is 6.16. The van der Waals surface area contributed by atoms with Crippen molar-refractivity contribution < 1.29 is 14.4 Å². The van der Waals surface area contributed by atoms with Crippen LogP contribution in [0.2, 0.25) is 5.02 Å². The zero-order chi connectivity index (χ0) is 15.9. The number of nitrogens with one attached hydrogen (secondary N) is 1. The number of carbonyl (C=O) groups is 3. The first-order chi connectivity index (χ1) is 9.64. The maximum atomic E-state index is 12.0. The van der Waals surface area contributed by atoms with E-state index in [0.717, 1.165) is 0 Å². The lowest BCUT2D eigenvalue weighted by Gasteiger charge is -2.42. The third kappa shape index (κ3) is 2.52. The van der Waals surface area contributed by atoms with Crippen molar-refractivity contribution in [3.8, 4) is 0 Å². The van der Waals surface area contributed by atoms with Crippen LogP contribution in [0.25, 0.3) is 0 Å². The van der Waals surface area contributed by atoms with E-state index in [-0.39, 0.29) is 28.5 Å². The first-order valence-corrected chi connectivity index (χ1v) is 6.53. The van der Waals surface area contributed by atoms with Gasteiger partial charge in [-0.05, 0) is 26.0 Å². The van der Waals surface area contributed by atoms with Crippen molar-refractivity contribution in [1.82, 2.24) is 5.32 Å². The molecule has 1 aliphatic rings. The molecule has 1 fully saturated rings. The van der Waals surface area contributed by atoms with E-state index in [2.05, 4.69) is 5.32 Å². The minimum atomic E-state index is -1.07. The van der Waals surface area contributed by atoms with E-state index in [0.29, 0.717) is 0 Å². The van der Waals surface area contributed by atoms with Crippen LogP contribution in [0.5, 0.6) is 0 Å². The topological polar surface area (TPSA) is 119 Å². The van der Waals surface area contributed by atoms with E-state index >= 15 is 0 Å². The molecule has 1 aromatic carbocycles. The van der Waals surface area contributed by atoms with Gasteiger partial charge in [0.1, 0.15) is 5.54 Å². The fourth-order valence-corrected chi connectivity index (χ4v) is 2.55. The van der Waals surface area contributed by atoms with E-state index in [4.69, 9.17) is 23.1 Å². The Morgan fingerprint density at radius 2 is 2.00 bits per heavy atom. The molecular weight excluding hydrogens is 296 g/mol.